The van der Waals surface area contributed by atoms with Crippen molar-refractivity contribution in [2.75, 3.05) is 0 Å². The van der Waals surface area contributed by atoms with Gasteiger partial charge in [-0.2, -0.15) is 0 Å². The summed E-state index contributed by atoms with van der Waals surface area (Å²) in [6.07, 6.45) is 0. The summed E-state index contributed by atoms with van der Waals surface area (Å²) < 4.78 is 5.08. The zero-order valence-electron chi connectivity index (χ0n) is 11.7. The average Bonchev–Trinajstić information content (AvgIpc) is 2.25. The molecule has 0 bridgehead atoms. The molecular weight excluding hydrogens is 260 g/mol. The maximum atomic E-state index is 11.8. The maximum Gasteiger partial charge on any atom is 0.347 e. The number of hydrogen-bond acceptors (Lipinski definition) is 5. The number of ketones is 2. The molecule has 0 fully saturated rings. The lowest BCUT2D eigenvalue weighted by Gasteiger charge is -2.11. The van der Waals surface area contributed by atoms with Gasteiger partial charge in [0, 0.05) is 0 Å². The number of hydrogen-bond donors (Lipinski definition) is 1. The van der Waals surface area contributed by atoms with E-state index in [1.807, 2.05) is 0 Å². The Kier molecular flexibility index (Phi) is 3.21. The van der Waals surface area contributed by atoms with Gasteiger partial charge in [-0.25, -0.2) is 4.79 Å². The number of aromatic hydroxyl groups is 1. The van der Waals surface area contributed by atoms with Gasteiger partial charge >= 0.3 is 5.63 Å². The standard InChI is InChI=1S/C15H14O5/c1-6-5-10-13(14(18)11(6)8(3)16)7(2)12(9(4)17)15(19)20-10/h5,18H,1-4H3. The molecule has 0 unspecified atom stereocenters. The largest absolute Gasteiger partial charge is 0.506 e. The van der Waals surface area contributed by atoms with E-state index in [1.165, 1.54) is 19.9 Å². The normalized spacial score (nSPS) is 10.8. The molecule has 0 atom stereocenters. The molecule has 0 aliphatic heterocycles. The second-order valence-corrected chi connectivity index (χ2v) is 4.79. The first-order chi connectivity index (χ1) is 9.25. The maximum absolute atomic E-state index is 11.8. The Labute approximate surface area is 114 Å². The lowest BCUT2D eigenvalue weighted by atomic mass is 9.96. The molecule has 2 aromatic rings. The number of phenols is 1. The van der Waals surface area contributed by atoms with Gasteiger partial charge in [-0.1, -0.05) is 0 Å². The zero-order chi connectivity index (χ0) is 15.2. The van der Waals surface area contributed by atoms with Crippen LogP contribution in [0, 0.1) is 13.8 Å². The molecule has 0 amide bonds. The second kappa shape index (κ2) is 4.59. The molecule has 1 aromatic carbocycles. The summed E-state index contributed by atoms with van der Waals surface area (Å²) in [5, 5.41) is 10.5. The summed E-state index contributed by atoms with van der Waals surface area (Å²) in [5.41, 5.74) is 0.328. The highest BCUT2D eigenvalue weighted by Crippen LogP contribution is 2.34. The molecule has 104 valence electrons. The molecule has 0 saturated heterocycles. The van der Waals surface area contributed by atoms with E-state index in [0.717, 1.165) is 0 Å². The van der Waals surface area contributed by atoms with Crippen LogP contribution in [0.3, 0.4) is 0 Å². The number of aryl methyl sites for hydroxylation is 2. The molecule has 5 heteroatoms. The summed E-state index contributed by atoms with van der Waals surface area (Å²) in [6, 6.07) is 1.52. The highest BCUT2D eigenvalue weighted by molar-refractivity contribution is 6.07. The van der Waals surface area contributed by atoms with Crippen LogP contribution in [0.1, 0.15) is 45.7 Å². The van der Waals surface area contributed by atoms with E-state index in [9.17, 15) is 19.5 Å². The number of carbonyl (C=O) groups is 2. The minimum Gasteiger partial charge on any atom is -0.506 e. The molecule has 2 rings (SSSR count). The Morgan fingerprint density at radius 2 is 1.65 bits per heavy atom. The third kappa shape index (κ3) is 1.91. The van der Waals surface area contributed by atoms with E-state index < -0.39 is 11.4 Å². The summed E-state index contributed by atoms with van der Waals surface area (Å²) in [5.74, 6) is -0.990. The Morgan fingerprint density at radius 1 is 1.10 bits per heavy atom. The fraction of sp³-hybridized carbons (Fsp3) is 0.267. The van der Waals surface area contributed by atoms with Gasteiger partial charge in [0.2, 0.25) is 0 Å². The summed E-state index contributed by atoms with van der Waals surface area (Å²) in [6.45, 7) is 5.79. The molecule has 0 aliphatic carbocycles. The van der Waals surface area contributed by atoms with Crippen LogP contribution in [-0.4, -0.2) is 16.7 Å². The molecule has 5 nitrogen and oxygen atoms in total. The van der Waals surface area contributed by atoms with Crippen molar-refractivity contribution in [2.24, 2.45) is 0 Å². The molecular formula is C15H14O5. The van der Waals surface area contributed by atoms with Crippen molar-refractivity contribution in [3.8, 4) is 5.75 Å². The first-order valence-corrected chi connectivity index (χ1v) is 6.07. The predicted molar refractivity (Wildman–Crippen MR) is 73.6 cm³/mol. The van der Waals surface area contributed by atoms with Crippen molar-refractivity contribution in [3.05, 3.63) is 38.7 Å². The van der Waals surface area contributed by atoms with E-state index >= 15 is 0 Å². The van der Waals surface area contributed by atoms with E-state index in [4.69, 9.17) is 4.42 Å². The van der Waals surface area contributed by atoms with Gasteiger partial charge in [0.15, 0.2) is 11.6 Å². The second-order valence-electron chi connectivity index (χ2n) is 4.79. The average molecular weight is 274 g/mol. The Bertz CT molecular complexity index is 811. The van der Waals surface area contributed by atoms with Crippen LogP contribution in [0.5, 0.6) is 5.75 Å². The van der Waals surface area contributed by atoms with Crippen LogP contribution < -0.4 is 5.63 Å². The lowest BCUT2D eigenvalue weighted by Crippen LogP contribution is -2.14. The van der Waals surface area contributed by atoms with Crippen LogP contribution >= 0.6 is 0 Å². The van der Waals surface area contributed by atoms with Crippen LogP contribution in [0.15, 0.2) is 15.3 Å². The van der Waals surface area contributed by atoms with E-state index in [1.54, 1.807) is 13.8 Å². The quantitative estimate of drug-likeness (QED) is 0.672. The minimum absolute atomic E-state index is 0.105. The minimum atomic E-state index is -0.739. The number of carbonyl (C=O) groups excluding carboxylic acids is 2. The van der Waals surface area contributed by atoms with Gasteiger partial charge in [0.1, 0.15) is 16.9 Å². The molecule has 1 aromatic heterocycles. The third-order valence-corrected chi connectivity index (χ3v) is 3.32. The van der Waals surface area contributed by atoms with Crippen molar-refractivity contribution >= 4 is 22.5 Å². The first-order valence-electron chi connectivity index (χ1n) is 6.07. The van der Waals surface area contributed by atoms with Crippen LogP contribution in [-0.2, 0) is 0 Å². The number of rotatable bonds is 2. The molecule has 0 radical (unpaired) electrons. The van der Waals surface area contributed by atoms with Crippen LogP contribution in [0.2, 0.25) is 0 Å². The van der Waals surface area contributed by atoms with Crippen molar-refractivity contribution in [2.45, 2.75) is 27.7 Å². The summed E-state index contributed by atoms with van der Waals surface area (Å²) in [7, 11) is 0. The molecule has 0 aliphatic rings. The lowest BCUT2D eigenvalue weighted by molar-refractivity contribution is 0.100. The highest BCUT2D eigenvalue weighted by Gasteiger charge is 2.21. The van der Waals surface area contributed by atoms with Crippen molar-refractivity contribution in [1.82, 2.24) is 0 Å². The van der Waals surface area contributed by atoms with Crippen molar-refractivity contribution in [3.63, 3.8) is 0 Å². The molecule has 1 N–H and O–H groups in total. The smallest absolute Gasteiger partial charge is 0.347 e. The Morgan fingerprint density at radius 3 is 2.15 bits per heavy atom. The van der Waals surface area contributed by atoms with E-state index in [2.05, 4.69) is 0 Å². The van der Waals surface area contributed by atoms with E-state index in [-0.39, 0.29) is 33.6 Å². The number of Topliss-reactive ketones (excluding diaryl/α,β-unsaturated/α-hetero) is 2. The van der Waals surface area contributed by atoms with Gasteiger partial charge < -0.3 is 9.52 Å². The van der Waals surface area contributed by atoms with Gasteiger partial charge in [-0.3, -0.25) is 9.59 Å². The number of phenolic OH excluding ortho intramolecular Hbond substituents is 1. The van der Waals surface area contributed by atoms with Gasteiger partial charge in [-0.15, -0.1) is 0 Å². The summed E-state index contributed by atoms with van der Waals surface area (Å²) in [4.78, 5) is 34.9. The molecule has 0 saturated carbocycles. The fourth-order valence-electron chi connectivity index (χ4n) is 2.49. The molecule has 0 spiro atoms. The van der Waals surface area contributed by atoms with Crippen molar-refractivity contribution in [1.29, 1.82) is 0 Å². The Balaban J connectivity index is 3.07. The Hall–Kier alpha value is -2.43. The number of fused-ring (bicyclic) bond motifs is 1. The molecule has 1 heterocycles. The highest BCUT2D eigenvalue weighted by atomic mass is 16.4. The molecule has 20 heavy (non-hydrogen) atoms. The summed E-state index contributed by atoms with van der Waals surface area (Å²) >= 11 is 0. The predicted octanol–water partition coefficient (Wildman–Crippen LogP) is 2.52. The van der Waals surface area contributed by atoms with Gasteiger partial charge in [0.05, 0.1) is 10.9 Å². The van der Waals surface area contributed by atoms with E-state index in [0.29, 0.717) is 11.1 Å². The van der Waals surface area contributed by atoms with Gasteiger partial charge in [0.25, 0.3) is 0 Å². The zero-order valence-corrected chi connectivity index (χ0v) is 11.7. The van der Waals surface area contributed by atoms with Crippen molar-refractivity contribution < 1.29 is 19.1 Å². The van der Waals surface area contributed by atoms with Gasteiger partial charge in [-0.05, 0) is 44.9 Å². The first kappa shape index (κ1) is 14.0. The SMILES string of the molecule is CC(=O)c1c(C)cc2oc(=O)c(C(C)=O)c(C)c2c1O. The monoisotopic (exact) mass is 274 g/mol. The van der Waals surface area contributed by atoms with Crippen LogP contribution in [0.25, 0.3) is 11.0 Å². The topological polar surface area (TPSA) is 84.6 Å². The fourth-order valence-corrected chi connectivity index (χ4v) is 2.49. The third-order valence-electron chi connectivity index (χ3n) is 3.32. The number of benzene rings is 1. The van der Waals surface area contributed by atoms with Crippen LogP contribution in [0.4, 0.5) is 0 Å².